The van der Waals surface area contributed by atoms with Gasteiger partial charge in [0.15, 0.2) is 6.61 Å². The summed E-state index contributed by atoms with van der Waals surface area (Å²) in [6.45, 7) is 0.388. The zero-order valence-electron chi connectivity index (χ0n) is 15.0. The van der Waals surface area contributed by atoms with Crippen molar-refractivity contribution >= 4 is 29.1 Å². The molecule has 1 aromatic carbocycles. The Hall–Kier alpha value is -2.87. The molecule has 0 saturated carbocycles. The fraction of sp³-hybridized carbons (Fsp3) is 0.316. The minimum absolute atomic E-state index is 0.135. The van der Waals surface area contributed by atoms with Crippen LogP contribution in [-0.2, 0) is 20.9 Å². The van der Waals surface area contributed by atoms with Gasteiger partial charge in [-0.2, -0.15) is 11.3 Å². The number of rotatable bonds is 10. The minimum atomic E-state index is -0.473. The number of esters is 1. The summed E-state index contributed by atoms with van der Waals surface area (Å²) in [6.07, 6.45) is 0.581. The molecule has 1 heterocycles. The van der Waals surface area contributed by atoms with Gasteiger partial charge < -0.3 is 20.1 Å². The molecule has 0 atom stereocenters. The SMILES string of the molecule is COc1ccc(CNC(=O)COC(=O)CCCNC(=O)c2ccsc2)cc1. The molecule has 0 aliphatic carbocycles. The van der Waals surface area contributed by atoms with E-state index in [2.05, 4.69) is 10.6 Å². The number of nitrogens with one attached hydrogen (secondary N) is 2. The summed E-state index contributed by atoms with van der Waals surface area (Å²) in [5.74, 6) is -0.266. The zero-order valence-corrected chi connectivity index (χ0v) is 15.8. The molecule has 144 valence electrons. The van der Waals surface area contributed by atoms with Crippen molar-refractivity contribution in [2.45, 2.75) is 19.4 Å². The standard InChI is InChI=1S/C19H22N2O5S/c1-25-16-6-4-14(5-7-16)11-21-17(22)12-26-18(23)3-2-9-20-19(24)15-8-10-27-13-15/h4-8,10,13H,2-3,9,11-12H2,1H3,(H,20,24)(H,21,22). The number of ether oxygens (including phenoxy) is 2. The van der Waals surface area contributed by atoms with Crippen LogP contribution in [0.5, 0.6) is 5.75 Å². The van der Waals surface area contributed by atoms with Crippen molar-refractivity contribution in [1.82, 2.24) is 10.6 Å². The molecule has 0 saturated heterocycles. The van der Waals surface area contributed by atoms with Gasteiger partial charge in [0.25, 0.3) is 11.8 Å². The summed E-state index contributed by atoms with van der Waals surface area (Å²) in [7, 11) is 1.59. The Balaban J connectivity index is 1.55. The van der Waals surface area contributed by atoms with E-state index in [1.54, 1.807) is 30.7 Å². The summed E-state index contributed by atoms with van der Waals surface area (Å²) in [5, 5.41) is 8.98. The topological polar surface area (TPSA) is 93.7 Å². The highest BCUT2D eigenvalue weighted by Gasteiger charge is 2.09. The molecule has 0 radical (unpaired) electrons. The smallest absolute Gasteiger partial charge is 0.306 e. The number of hydrogen-bond donors (Lipinski definition) is 2. The van der Waals surface area contributed by atoms with Gasteiger partial charge in [-0.1, -0.05) is 12.1 Å². The van der Waals surface area contributed by atoms with Crippen molar-refractivity contribution in [3.05, 3.63) is 52.2 Å². The van der Waals surface area contributed by atoms with Crippen LogP contribution in [0, 0.1) is 0 Å². The normalized spacial score (nSPS) is 10.1. The van der Waals surface area contributed by atoms with Crippen LogP contribution in [0.3, 0.4) is 0 Å². The molecule has 0 spiro atoms. The number of carbonyl (C=O) groups is 3. The van der Waals surface area contributed by atoms with Crippen molar-refractivity contribution in [3.63, 3.8) is 0 Å². The maximum Gasteiger partial charge on any atom is 0.306 e. The average Bonchev–Trinajstić information content (AvgIpc) is 3.23. The molecular weight excluding hydrogens is 368 g/mol. The lowest BCUT2D eigenvalue weighted by molar-refractivity contribution is -0.148. The molecule has 7 nitrogen and oxygen atoms in total. The van der Waals surface area contributed by atoms with Crippen LogP contribution in [0.1, 0.15) is 28.8 Å². The third-order valence-electron chi connectivity index (χ3n) is 3.64. The molecule has 2 aromatic rings. The second-order valence-corrected chi connectivity index (χ2v) is 6.44. The molecule has 2 rings (SSSR count). The number of methoxy groups -OCH3 is 1. The summed E-state index contributed by atoms with van der Waals surface area (Å²) in [5.41, 5.74) is 1.52. The predicted octanol–water partition coefficient (Wildman–Crippen LogP) is 2.13. The second kappa shape index (κ2) is 11.0. The minimum Gasteiger partial charge on any atom is -0.497 e. The van der Waals surface area contributed by atoms with Gasteiger partial charge in [0, 0.05) is 30.5 Å². The van der Waals surface area contributed by atoms with Gasteiger partial charge in [-0.05, 0) is 35.6 Å². The lowest BCUT2D eigenvalue weighted by atomic mass is 10.2. The molecule has 27 heavy (non-hydrogen) atoms. The van der Waals surface area contributed by atoms with Gasteiger partial charge in [0.1, 0.15) is 5.75 Å². The van der Waals surface area contributed by atoms with Gasteiger partial charge in [-0.3, -0.25) is 14.4 Å². The lowest BCUT2D eigenvalue weighted by Gasteiger charge is -2.08. The third-order valence-corrected chi connectivity index (χ3v) is 4.32. The monoisotopic (exact) mass is 390 g/mol. The predicted molar refractivity (Wildman–Crippen MR) is 102 cm³/mol. The van der Waals surface area contributed by atoms with Crippen LogP contribution in [-0.4, -0.2) is 38.0 Å². The summed E-state index contributed by atoms with van der Waals surface area (Å²) >= 11 is 1.45. The Bertz CT molecular complexity index is 744. The van der Waals surface area contributed by atoms with E-state index in [-0.39, 0.29) is 24.8 Å². The van der Waals surface area contributed by atoms with Crippen molar-refractivity contribution in [2.75, 3.05) is 20.3 Å². The van der Waals surface area contributed by atoms with Crippen LogP contribution in [0.25, 0.3) is 0 Å². The lowest BCUT2D eigenvalue weighted by Crippen LogP contribution is -2.28. The summed E-state index contributed by atoms with van der Waals surface area (Å²) in [4.78, 5) is 35.1. The van der Waals surface area contributed by atoms with E-state index in [9.17, 15) is 14.4 Å². The molecule has 0 aliphatic heterocycles. The highest BCUT2D eigenvalue weighted by Crippen LogP contribution is 2.10. The van der Waals surface area contributed by atoms with Crippen LogP contribution in [0.4, 0.5) is 0 Å². The number of carbonyl (C=O) groups excluding carboxylic acids is 3. The van der Waals surface area contributed by atoms with Gasteiger partial charge >= 0.3 is 5.97 Å². The molecule has 2 amide bonds. The van der Waals surface area contributed by atoms with E-state index in [0.717, 1.165) is 11.3 Å². The van der Waals surface area contributed by atoms with Gasteiger partial charge in [-0.25, -0.2) is 0 Å². The number of thiophene rings is 1. The van der Waals surface area contributed by atoms with E-state index in [1.165, 1.54) is 11.3 Å². The molecule has 0 fully saturated rings. The maximum absolute atomic E-state index is 11.7. The second-order valence-electron chi connectivity index (χ2n) is 5.66. The Kier molecular flexibility index (Phi) is 8.31. The van der Waals surface area contributed by atoms with Crippen LogP contribution >= 0.6 is 11.3 Å². The van der Waals surface area contributed by atoms with E-state index >= 15 is 0 Å². The first-order valence-electron chi connectivity index (χ1n) is 8.44. The first kappa shape index (κ1) is 20.4. The van der Waals surface area contributed by atoms with Crippen molar-refractivity contribution in [1.29, 1.82) is 0 Å². The maximum atomic E-state index is 11.7. The molecule has 0 aliphatic rings. The number of benzene rings is 1. The molecule has 0 unspecified atom stereocenters. The van der Waals surface area contributed by atoms with Crippen LogP contribution in [0.2, 0.25) is 0 Å². The fourth-order valence-corrected chi connectivity index (χ4v) is 2.78. The quantitative estimate of drug-likeness (QED) is 0.479. The molecule has 1 aromatic heterocycles. The largest absolute Gasteiger partial charge is 0.497 e. The fourth-order valence-electron chi connectivity index (χ4n) is 2.14. The molecule has 0 bridgehead atoms. The van der Waals surface area contributed by atoms with E-state index in [0.29, 0.717) is 25.1 Å². The van der Waals surface area contributed by atoms with Crippen LogP contribution < -0.4 is 15.4 Å². The first-order chi connectivity index (χ1) is 13.1. The third kappa shape index (κ3) is 7.49. The van der Waals surface area contributed by atoms with Crippen molar-refractivity contribution < 1.29 is 23.9 Å². The van der Waals surface area contributed by atoms with E-state index in [1.807, 2.05) is 17.5 Å². The van der Waals surface area contributed by atoms with Gasteiger partial charge in [0.05, 0.1) is 7.11 Å². The van der Waals surface area contributed by atoms with Crippen molar-refractivity contribution in [3.8, 4) is 5.75 Å². The first-order valence-corrected chi connectivity index (χ1v) is 9.38. The van der Waals surface area contributed by atoms with Gasteiger partial charge in [-0.15, -0.1) is 0 Å². The number of hydrogen-bond acceptors (Lipinski definition) is 6. The Morgan fingerprint density at radius 1 is 1.07 bits per heavy atom. The number of amides is 2. The summed E-state index contributed by atoms with van der Waals surface area (Å²) in [6, 6.07) is 9.03. The van der Waals surface area contributed by atoms with Crippen LogP contribution in [0.15, 0.2) is 41.1 Å². The molecule has 8 heteroatoms. The Morgan fingerprint density at radius 3 is 2.52 bits per heavy atom. The van der Waals surface area contributed by atoms with E-state index < -0.39 is 5.97 Å². The Labute approximate surface area is 161 Å². The highest BCUT2D eigenvalue weighted by atomic mass is 32.1. The van der Waals surface area contributed by atoms with Crippen molar-refractivity contribution in [2.24, 2.45) is 0 Å². The molecular formula is C19H22N2O5S. The Morgan fingerprint density at radius 2 is 1.85 bits per heavy atom. The zero-order chi connectivity index (χ0) is 19.5. The molecule has 2 N–H and O–H groups in total. The highest BCUT2D eigenvalue weighted by molar-refractivity contribution is 7.08. The van der Waals surface area contributed by atoms with E-state index in [4.69, 9.17) is 9.47 Å². The average molecular weight is 390 g/mol. The van der Waals surface area contributed by atoms with Gasteiger partial charge in [0.2, 0.25) is 0 Å². The summed E-state index contributed by atoms with van der Waals surface area (Å²) < 4.78 is 9.99.